The molecule has 0 aliphatic heterocycles. The summed E-state index contributed by atoms with van der Waals surface area (Å²) in [4.78, 5) is 11.3. The van der Waals surface area contributed by atoms with Gasteiger partial charge in [0.05, 0.1) is 6.04 Å². The molecule has 1 aromatic rings. The maximum Gasteiger partial charge on any atom is 0.148 e. The summed E-state index contributed by atoms with van der Waals surface area (Å²) in [6.07, 6.45) is 0.607. The number of nitrogens with zero attached hydrogens (tertiary/aromatic N) is 1. The molecule has 3 nitrogen and oxygen atoms in total. The minimum atomic E-state index is -0.224. The first kappa shape index (κ1) is 12.1. The number of rotatable bonds is 4. The van der Waals surface area contributed by atoms with Crippen LogP contribution < -0.4 is 0 Å². The predicted octanol–water partition coefficient (Wildman–Crippen LogP) is 1.67. The molecule has 0 saturated heterocycles. The van der Waals surface area contributed by atoms with E-state index in [9.17, 15) is 4.79 Å². The van der Waals surface area contributed by atoms with E-state index in [1.54, 1.807) is 30.4 Å². The minimum Gasteiger partial charge on any atom is -0.508 e. The van der Waals surface area contributed by atoms with Gasteiger partial charge in [-0.3, -0.25) is 4.79 Å². The average Bonchev–Trinajstić information content (AvgIpc) is 2.15. The standard InChI is InChI=1S/C11H15NO2S/c1-8(13)11(12(2)15)7-9-3-5-10(14)6-4-9/h3-6,11,14-15H,7H2,1-2H3/t11-/m0/s1. The second kappa shape index (κ2) is 5.19. The van der Waals surface area contributed by atoms with Gasteiger partial charge < -0.3 is 5.11 Å². The summed E-state index contributed by atoms with van der Waals surface area (Å²) in [5.41, 5.74) is 1.01. The van der Waals surface area contributed by atoms with Crippen LogP contribution in [-0.4, -0.2) is 28.3 Å². The van der Waals surface area contributed by atoms with Crippen LogP contribution >= 0.6 is 12.8 Å². The fraction of sp³-hybridized carbons (Fsp3) is 0.364. The van der Waals surface area contributed by atoms with Gasteiger partial charge in [0.15, 0.2) is 0 Å². The second-order valence-electron chi connectivity index (χ2n) is 3.57. The third-order valence-electron chi connectivity index (χ3n) is 2.29. The zero-order chi connectivity index (χ0) is 11.4. The summed E-state index contributed by atoms with van der Waals surface area (Å²) < 4.78 is 1.61. The normalized spacial score (nSPS) is 12.8. The Morgan fingerprint density at radius 3 is 2.40 bits per heavy atom. The SMILES string of the molecule is CC(=O)[C@H](Cc1ccc(O)cc1)N(C)S. The molecule has 4 heteroatoms. The number of carbonyl (C=O) groups is 1. The number of hydrogen-bond acceptors (Lipinski definition) is 4. The summed E-state index contributed by atoms with van der Waals surface area (Å²) in [5, 5.41) is 9.12. The van der Waals surface area contributed by atoms with Crippen molar-refractivity contribution in [3.63, 3.8) is 0 Å². The molecule has 15 heavy (non-hydrogen) atoms. The highest BCUT2D eigenvalue weighted by Crippen LogP contribution is 2.14. The van der Waals surface area contributed by atoms with Crippen molar-refractivity contribution >= 4 is 18.6 Å². The molecule has 0 amide bonds. The summed E-state index contributed by atoms with van der Waals surface area (Å²) >= 11 is 4.15. The molecule has 0 aromatic heterocycles. The van der Waals surface area contributed by atoms with E-state index in [0.717, 1.165) is 5.56 Å². The van der Waals surface area contributed by atoms with Crippen molar-refractivity contribution in [3.8, 4) is 5.75 Å². The first-order valence-electron chi connectivity index (χ1n) is 4.70. The van der Waals surface area contributed by atoms with Crippen molar-refractivity contribution in [2.45, 2.75) is 19.4 Å². The number of thiol groups is 1. The number of hydrogen-bond donors (Lipinski definition) is 2. The summed E-state index contributed by atoms with van der Waals surface area (Å²) in [6, 6.07) is 6.62. The number of carbonyl (C=O) groups excluding carboxylic acids is 1. The van der Waals surface area contributed by atoms with Crippen LogP contribution in [0.25, 0.3) is 0 Å². The number of phenolic OH excluding ortho intramolecular Hbond substituents is 1. The molecule has 0 aliphatic carbocycles. The van der Waals surface area contributed by atoms with Crippen molar-refractivity contribution in [1.82, 2.24) is 4.31 Å². The van der Waals surface area contributed by atoms with E-state index in [4.69, 9.17) is 5.11 Å². The van der Waals surface area contributed by atoms with E-state index in [1.165, 1.54) is 0 Å². The van der Waals surface area contributed by atoms with Crippen LogP contribution in [0.1, 0.15) is 12.5 Å². The van der Waals surface area contributed by atoms with Crippen molar-refractivity contribution < 1.29 is 9.90 Å². The van der Waals surface area contributed by atoms with Crippen molar-refractivity contribution in [2.24, 2.45) is 0 Å². The predicted molar refractivity (Wildman–Crippen MR) is 63.0 cm³/mol. The summed E-state index contributed by atoms with van der Waals surface area (Å²) in [5.74, 6) is 0.318. The van der Waals surface area contributed by atoms with Gasteiger partial charge in [-0.1, -0.05) is 24.9 Å². The van der Waals surface area contributed by atoms with E-state index in [1.807, 2.05) is 12.1 Å². The van der Waals surface area contributed by atoms with Gasteiger partial charge in [-0.15, -0.1) is 0 Å². The Labute approximate surface area is 95.3 Å². The van der Waals surface area contributed by atoms with Crippen LogP contribution in [0.3, 0.4) is 0 Å². The lowest BCUT2D eigenvalue weighted by Crippen LogP contribution is -2.32. The molecule has 0 aliphatic rings. The number of Topliss-reactive ketones (excluding diaryl/α,β-unsaturated/α-hetero) is 1. The number of aromatic hydroxyl groups is 1. The highest BCUT2D eigenvalue weighted by Gasteiger charge is 2.17. The fourth-order valence-corrected chi connectivity index (χ4v) is 1.64. The van der Waals surface area contributed by atoms with Gasteiger partial charge in [0, 0.05) is 0 Å². The molecule has 0 radical (unpaired) electrons. The molecular weight excluding hydrogens is 210 g/mol. The number of ketones is 1. The van der Waals surface area contributed by atoms with E-state index in [-0.39, 0.29) is 17.6 Å². The van der Waals surface area contributed by atoms with Crippen LogP contribution in [-0.2, 0) is 11.2 Å². The number of phenols is 1. The van der Waals surface area contributed by atoms with Crippen LogP contribution in [0.5, 0.6) is 5.75 Å². The highest BCUT2D eigenvalue weighted by molar-refractivity contribution is 7.77. The van der Waals surface area contributed by atoms with E-state index in [2.05, 4.69) is 12.8 Å². The molecule has 0 spiro atoms. The van der Waals surface area contributed by atoms with E-state index in [0.29, 0.717) is 6.42 Å². The lowest BCUT2D eigenvalue weighted by molar-refractivity contribution is -0.120. The Morgan fingerprint density at radius 1 is 1.47 bits per heavy atom. The molecule has 1 atom stereocenters. The van der Waals surface area contributed by atoms with Gasteiger partial charge in [0.2, 0.25) is 0 Å². The smallest absolute Gasteiger partial charge is 0.148 e. The maximum atomic E-state index is 11.3. The minimum absolute atomic E-state index is 0.0839. The fourth-order valence-electron chi connectivity index (χ4n) is 1.39. The second-order valence-corrected chi connectivity index (χ2v) is 4.20. The molecule has 0 saturated carbocycles. The molecule has 1 N–H and O–H groups in total. The monoisotopic (exact) mass is 225 g/mol. The van der Waals surface area contributed by atoms with Crippen LogP contribution in [0.4, 0.5) is 0 Å². The van der Waals surface area contributed by atoms with Gasteiger partial charge in [0.1, 0.15) is 11.5 Å². The van der Waals surface area contributed by atoms with Gasteiger partial charge in [-0.05, 0) is 38.1 Å². The molecule has 82 valence electrons. The Hall–Kier alpha value is -1.00. The van der Waals surface area contributed by atoms with Crippen molar-refractivity contribution in [1.29, 1.82) is 0 Å². The molecule has 0 fully saturated rings. The Kier molecular flexibility index (Phi) is 4.17. The van der Waals surface area contributed by atoms with Gasteiger partial charge in [-0.25, -0.2) is 4.31 Å². The molecule has 0 bridgehead atoms. The molecule has 0 unspecified atom stereocenters. The molecule has 1 aromatic carbocycles. The third kappa shape index (κ3) is 3.57. The van der Waals surface area contributed by atoms with Crippen LogP contribution in [0, 0.1) is 0 Å². The largest absolute Gasteiger partial charge is 0.508 e. The lowest BCUT2D eigenvalue weighted by atomic mass is 10.0. The lowest BCUT2D eigenvalue weighted by Gasteiger charge is -2.20. The van der Waals surface area contributed by atoms with Gasteiger partial charge in [0.25, 0.3) is 0 Å². The summed E-state index contributed by atoms with van der Waals surface area (Å²) in [6.45, 7) is 1.55. The molecule has 1 rings (SSSR count). The maximum absolute atomic E-state index is 11.3. The molecular formula is C11H15NO2S. The highest BCUT2D eigenvalue weighted by atomic mass is 32.1. The number of likely N-dealkylation sites (N-methyl/N-ethyl adjacent to an activating group) is 1. The first-order valence-corrected chi connectivity index (χ1v) is 5.10. The van der Waals surface area contributed by atoms with Gasteiger partial charge >= 0.3 is 0 Å². The Morgan fingerprint density at radius 2 is 2.00 bits per heavy atom. The Bertz CT molecular complexity index is 335. The van der Waals surface area contributed by atoms with Crippen LogP contribution in [0.15, 0.2) is 24.3 Å². The molecule has 0 heterocycles. The zero-order valence-electron chi connectivity index (χ0n) is 8.84. The van der Waals surface area contributed by atoms with E-state index >= 15 is 0 Å². The average molecular weight is 225 g/mol. The quantitative estimate of drug-likeness (QED) is 0.766. The van der Waals surface area contributed by atoms with E-state index < -0.39 is 0 Å². The van der Waals surface area contributed by atoms with Crippen LogP contribution in [0.2, 0.25) is 0 Å². The summed E-state index contributed by atoms with van der Waals surface area (Å²) in [7, 11) is 1.76. The van der Waals surface area contributed by atoms with Gasteiger partial charge in [-0.2, -0.15) is 0 Å². The first-order chi connectivity index (χ1) is 7.00. The number of benzene rings is 1. The third-order valence-corrected chi connectivity index (χ3v) is 2.56. The topological polar surface area (TPSA) is 40.5 Å². The zero-order valence-corrected chi connectivity index (χ0v) is 9.74. The van der Waals surface area contributed by atoms with Crippen molar-refractivity contribution in [3.05, 3.63) is 29.8 Å². The van der Waals surface area contributed by atoms with Crippen molar-refractivity contribution in [2.75, 3.05) is 7.05 Å². The Balaban J connectivity index is 2.74.